The molecule has 1 aromatic rings. The topological polar surface area (TPSA) is 57.6 Å². The van der Waals surface area contributed by atoms with E-state index in [1.165, 1.54) is 4.31 Å². The molecule has 3 rings (SSSR count). The minimum absolute atomic E-state index is 0.293. The first-order valence-corrected chi connectivity index (χ1v) is 8.00. The van der Waals surface area contributed by atoms with E-state index < -0.39 is 32.7 Å². The first-order chi connectivity index (χ1) is 9.39. The maximum atomic E-state index is 13.8. The lowest BCUT2D eigenvalue weighted by Crippen LogP contribution is -2.48. The van der Waals surface area contributed by atoms with Crippen molar-refractivity contribution < 1.29 is 22.3 Å². The van der Waals surface area contributed by atoms with Crippen LogP contribution in [-0.4, -0.2) is 36.0 Å². The molecule has 7 heteroatoms. The molecule has 0 radical (unpaired) electrons. The van der Waals surface area contributed by atoms with Gasteiger partial charge in [-0.15, -0.1) is 0 Å². The number of aliphatic hydroxyl groups excluding tert-OH is 1. The van der Waals surface area contributed by atoms with Crippen molar-refractivity contribution in [3.8, 4) is 0 Å². The zero-order chi connectivity index (χ0) is 14.5. The van der Waals surface area contributed by atoms with Crippen LogP contribution in [0.4, 0.5) is 8.78 Å². The Hall–Kier alpha value is -1.05. The van der Waals surface area contributed by atoms with Crippen molar-refractivity contribution in [1.82, 2.24) is 4.31 Å². The van der Waals surface area contributed by atoms with Gasteiger partial charge in [-0.2, -0.15) is 4.31 Å². The Kier molecular flexibility index (Phi) is 3.30. The van der Waals surface area contributed by atoms with Gasteiger partial charge < -0.3 is 5.11 Å². The van der Waals surface area contributed by atoms with Crippen LogP contribution >= 0.6 is 0 Å². The minimum atomic E-state index is -3.99. The molecule has 0 amide bonds. The molecule has 2 heterocycles. The lowest BCUT2D eigenvalue weighted by atomic mass is 10.0. The third-order valence-electron chi connectivity index (χ3n) is 4.09. The molecule has 0 spiro atoms. The highest BCUT2D eigenvalue weighted by Crippen LogP contribution is 2.40. The molecule has 4 nitrogen and oxygen atoms in total. The monoisotopic (exact) mass is 303 g/mol. The number of aliphatic hydroxyl groups is 1. The van der Waals surface area contributed by atoms with E-state index in [1.54, 1.807) is 0 Å². The van der Waals surface area contributed by atoms with Gasteiger partial charge in [0.15, 0.2) is 0 Å². The molecule has 0 saturated carbocycles. The van der Waals surface area contributed by atoms with Crippen molar-refractivity contribution in [2.75, 3.05) is 0 Å². The zero-order valence-electron chi connectivity index (χ0n) is 10.7. The number of halogens is 2. The second kappa shape index (κ2) is 4.75. The Morgan fingerprint density at radius 1 is 1.15 bits per heavy atom. The first-order valence-electron chi connectivity index (χ1n) is 6.56. The van der Waals surface area contributed by atoms with Crippen LogP contribution in [0.25, 0.3) is 0 Å². The molecule has 2 unspecified atom stereocenters. The van der Waals surface area contributed by atoms with Gasteiger partial charge in [-0.1, -0.05) is 0 Å². The fraction of sp³-hybridized carbons (Fsp3) is 0.538. The fourth-order valence-electron chi connectivity index (χ4n) is 3.30. The number of rotatable bonds is 2. The van der Waals surface area contributed by atoms with E-state index >= 15 is 0 Å². The van der Waals surface area contributed by atoms with Gasteiger partial charge in [-0.3, -0.25) is 0 Å². The summed E-state index contributed by atoms with van der Waals surface area (Å²) in [5, 5.41) is 9.69. The Bertz CT molecular complexity index is 621. The maximum Gasteiger partial charge on any atom is 0.246 e. The van der Waals surface area contributed by atoms with E-state index in [0.717, 1.165) is 12.1 Å². The van der Waals surface area contributed by atoms with E-state index in [-0.39, 0.29) is 12.1 Å². The van der Waals surface area contributed by atoms with E-state index in [0.29, 0.717) is 31.7 Å². The highest BCUT2D eigenvalue weighted by atomic mass is 32.2. The third-order valence-corrected chi connectivity index (χ3v) is 6.13. The average molecular weight is 303 g/mol. The molecule has 0 aliphatic carbocycles. The Morgan fingerprint density at radius 2 is 1.75 bits per heavy atom. The van der Waals surface area contributed by atoms with E-state index in [1.807, 2.05) is 0 Å². The lowest BCUT2D eigenvalue weighted by molar-refractivity contribution is 0.0768. The summed E-state index contributed by atoms with van der Waals surface area (Å²) >= 11 is 0. The van der Waals surface area contributed by atoms with Gasteiger partial charge in [0.05, 0.1) is 6.10 Å². The highest BCUT2D eigenvalue weighted by molar-refractivity contribution is 7.89. The Morgan fingerprint density at radius 3 is 2.30 bits per heavy atom. The van der Waals surface area contributed by atoms with Gasteiger partial charge in [0, 0.05) is 18.2 Å². The molecule has 2 aliphatic heterocycles. The summed E-state index contributed by atoms with van der Waals surface area (Å²) in [6.07, 6.45) is 1.59. The lowest BCUT2D eigenvalue weighted by Gasteiger charge is -2.36. The summed E-state index contributed by atoms with van der Waals surface area (Å²) in [5.74, 6) is -1.88. The van der Waals surface area contributed by atoms with Crippen LogP contribution in [0.1, 0.15) is 25.7 Å². The van der Waals surface area contributed by atoms with Crippen molar-refractivity contribution in [3.63, 3.8) is 0 Å². The summed E-state index contributed by atoms with van der Waals surface area (Å²) in [4.78, 5) is -0.493. The van der Waals surface area contributed by atoms with E-state index in [9.17, 15) is 22.3 Å². The van der Waals surface area contributed by atoms with E-state index in [4.69, 9.17) is 0 Å². The van der Waals surface area contributed by atoms with Crippen LogP contribution < -0.4 is 0 Å². The predicted molar refractivity (Wildman–Crippen MR) is 67.4 cm³/mol. The van der Waals surface area contributed by atoms with Crippen LogP contribution in [0.5, 0.6) is 0 Å². The number of hydrogen-bond acceptors (Lipinski definition) is 3. The summed E-state index contributed by atoms with van der Waals surface area (Å²) in [6.45, 7) is 0. The van der Waals surface area contributed by atoms with Gasteiger partial charge in [0.25, 0.3) is 0 Å². The van der Waals surface area contributed by atoms with Gasteiger partial charge in [0.1, 0.15) is 16.5 Å². The van der Waals surface area contributed by atoms with Crippen molar-refractivity contribution in [2.45, 2.75) is 48.8 Å². The van der Waals surface area contributed by atoms with Crippen LogP contribution in [0, 0.1) is 11.6 Å². The molecule has 0 aromatic heterocycles. The molecular formula is C13H15F2NO3S. The Labute approximate surface area is 116 Å². The largest absolute Gasteiger partial charge is 0.393 e. The number of fused-ring (bicyclic) bond motifs is 2. The number of sulfonamides is 1. The third kappa shape index (κ3) is 2.13. The molecule has 20 heavy (non-hydrogen) atoms. The van der Waals surface area contributed by atoms with E-state index in [2.05, 4.69) is 0 Å². The molecule has 2 atom stereocenters. The SMILES string of the molecule is O=S(=O)(c1ccc(F)cc1F)N1C2CCC1CC(O)C2. The van der Waals surface area contributed by atoms with Crippen LogP contribution in [0.2, 0.25) is 0 Å². The second-order valence-electron chi connectivity index (χ2n) is 5.42. The number of benzene rings is 1. The molecule has 1 aromatic carbocycles. The standard InChI is InChI=1S/C13H15F2NO3S/c14-8-1-4-13(12(15)5-8)20(18,19)16-9-2-3-10(16)7-11(17)6-9/h1,4-5,9-11,17H,2-3,6-7H2. The maximum absolute atomic E-state index is 13.8. The predicted octanol–water partition coefficient (Wildman–Crippen LogP) is 1.64. The summed E-state index contributed by atoms with van der Waals surface area (Å²) in [6, 6.07) is 1.89. The fourth-order valence-corrected chi connectivity index (χ4v) is 5.24. The molecule has 110 valence electrons. The second-order valence-corrected chi connectivity index (χ2v) is 7.23. The molecule has 2 bridgehead atoms. The molecule has 2 fully saturated rings. The average Bonchev–Trinajstić information content (AvgIpc) is 2.62. The van der Waals surface area contributed by atoms with Gasteiger partial charge in [0.2, 0.25) is 10.0 Å². The van der Waals surface area contributed by atoms with Gasteiger partial charge in [-0.25, -0.2) is 17.2 Å². The van der Waals surface area contributed by atoms with Crippen molar-refractivity contribution >= 4 is 10.0 Å². The normalized spacial score (nSPS) is 30.6. The van der Waals surface area contributed by atoms with Crippen molar-refractivity contribution in [2.24, 2.45) is 0 Å². The highest BCUT2D eigenvalue weighted by Gasteiger charge is 2.47. The molecule has 1 N–H and O–H groups in total. The summed E-state index contributed by atoms with van der Waals surface area (Å²) in [5.41, 5.74) is 0. The van der Waals surface area contributed by atoms with Crippen LogP contribution in [0.3, 0.4) is 0 Å². The minimum Gasteiger partial charge on any atom is -0.393 e. The quantitative estimate of drug-likeness (QED) is 0.903. The van der Waals surface area contributed by atoms with Gasteiger partial charge in [-0.05, 0) is 37.8 Å². The van der Waals surface area contributed by atoms with Gasteiger partial charge >= 0.3 is 0 Å². The molecular weight excluding hydrogens is 288 g/mol. The van der Waals surface area contributed by atoms with Crippen molar-refractivity contribution in [1.29, 1.82) is 0 Å². The molecule has 2 aliphatic rings. The van der Waals surface area contributed by atoms with Crippen LogP contribution in [0.15, 0.2) is 23.1 Å². The summed E-state index contributed by atoms with van der Waals surface area (Å²) in [7, 11) is -3.99. The smallest absolute Gasteiger partial charge is 0.246 e. The zero-order valence-corrected chi connectivity index (χ0v) is 11.5. The molecule has 2 saturated heterocycles. The first kappa shape index (κ1) is 13.9. The number of nitrogens with zero attached hydrogens (tertiary/aromatic N) is 1. The number of piperidine rings is 1. The number of hydrogen-bond donors (Lipinski definition) is 1. The van der Waals surface area contributed by atoms with Crippen LogP contribution in [-0.2, 0) is 10.0 Å². The summed E-state index contributed by atoms with van der Waals surface area (Å²) < 4.78 is 53.1. The Balaban J connectivity index is 2.01. The van der Waals surface area contributed by atoms with Crippen molar-refractivity contribution in [3.05, 3.63) is 29.8 Å².